The normalized spacial score (nSPS) is 33.7. The van der Waals surface area contributed by atoms with E-state index >= 15 is 0 Å². The van der Waals surface area contributed by atoms with Crippen molar-refractivity contribution < 1.29 is 19.0 Å². The van der Waals surface area contributed by atoms with Crippen LogP contribution in [0.5, 0.6) is 0 Å². The van der Waals surface area contributed by atoms with Crippen molar-refractivity contribution in [3.8, 4) is 0 Å². The second-order valence-corrected chi connectivity index (χ2v) is 4.83. The molecule has 0 spiro atoms. The molecular formula is C14H17NO4. The first-order chi connectivity index (χ1) is 9.29. The molecule has 0 aromatic heterocycles. The van der Waals surface area contributed by atoms with Gasteiger partial charge in [-0.3, -0.25) is 4.79 Å². The lowest BCUT2D eigenvalue weighted by molar-refractivity contribution is -0.406. The number of esters is 1. The molecule has 0 radical (unpaired) electrons. The molecule has 19 heavy (non-hydrogen) atoms. The molecule has 3 rings (SSSR count). The fourth-order valence-corrected chi connectivity index (χ4v) is 2.62. The number of carbonyl (C=O) groups excluding carboxylic acids is 1. The third-order valence-electron chi connectivity index (χ3n) is 3.70. The molecule has 2 atom stereocenters. The summed E-state index contributed by atoms with van der Waals surface area (Å²) in [6.45, 7) is 1.34. The van der Waals surface area contributed by atoms with E-state index in [0.717, 1.165) is 5.56 Å². The number of ether oxygens (including phenoxy) is 3. The fraction of sp³-hybridized carbons (Fsp3) is 0.500. The van der Waals surface area contributed by atoms with Gasteiger partial charge in [0.2, 0.25) is 0 Å². The number of hydrogen-bond donors (Lipinski definition) is 1. The Hall–Kier alpha value is -1.43. The van der Waals surface area contributed by atoms with Gasteiger partial charge in [-0.1, -0.05) is 30.3 Å². The van der Waals surface area contributed by atoms with Crippen molar-refractivity contribution >= 4 is 5.97 Å². The van der Waals surface area contributed by atoms with Crippen LogP contribution >= 0.6 is 0 Å². The van der Waals surface area contributed by atoms with Crippen LogP contribution in [0.2, 0.25) is 0 Å². The quantitative estimate of drug-likeness (QED) is 0.827. The van der Waals surface area contributed by atoms with Gasteiger partial charge in [0.25, 0.3) is 0 Å². The summed E-state index contributed by atoms with van der Waals surface area (Å²) in [5, 5.41) is 3.18. The van der Waals surface area contributed by atoms with E-state index in [-0.39, 0.29) is 30.4 Å². The van der Waals surface area contributed by atoms with Crippen LogP contribution in [-0.4, -0.2) is 32.5 Å². The van der Waals surface area contributed by atoms with E-state index in [4.69, 9.17) is 14.2 Å². The predicted octanol–water partition coefficient (Wildman–Crippen LogP) is 1.07. The molecule has 5 nitrogen and oxygen atoms in total. The summed E-state index contributed by atoms with van der Waals surface area (Å²) in [4.78, 5) is 11.6. The third kappa shape index (κ3) is 2.36. The second-order valence-electron chi connectivity index (χ2n) is 4.83. The zero-order valence-corrected chi connectivity index (χ0v) is 10.7. The Morgan fingerprint density at radius 3 is 2.68 bits per heavy atom. The fourth-order valence-electron chi connectivity index (χ4n) is 2.62. The minimum atomic E-state index is -0.329. The molecular weight excluding hydrogens is 246 g/mol. The first kappa shape index (κ1) is 12.6. The minimum Gasteiger partial charge on any atom is -0.469 e. The van der Waals surface area contributed by atoms with Crippen molar-refractivity contribution in [2.75, 3.05) is 20.2 Å². The zero-order chi connectivity index (χ0) is 13.2. The number of hydrogen-bond acceptors (Lipinski definition) is 5. The van der Waals surface area contributed by atoms with Crippen LogP contribution in [0.25, 0.3) is 0 Å². The minimum absolute atomic E-state index is 0.0208. The van der Waals surface area contributed by atoms with E-state index in [1.807, 2.05) is 30.3 Å². The summed E-state index contributed by atoms with van der Waals surface area (Å²) in [5.74, 6) is -0.371. The SMILES string of the molecule is COC(=O)[C@H]1CNC[C@@H]1C1OC(c2ccccc2)O1. The van der Waals surface area contributed by atoms with Crippen LogP contribution in [0, 0.1) is 11.8 Å². The van der Waals surface area contributed by atoms with E-state index in [1.165, 1.54) is 7.11 Å². The summed E-state index contributed by atoms with van der Waals surface area (Å²) in [5.41, 5.74) is 0.999. The standard InChI is InChI=1S/C14H17NO4/c1-17-12(16)10-7-15-8-11(10)14-18-13(19-14)9-5-3-2-4-6-9/h2-6,10-11,13-15H,7-8H2,1H3/t10-,11-,13?,14?/m0/s1. The Morgan fingerprint density at radius 2 is 2.00 bits per heavy atom. The van der Waals surface area contributed by atoms with Crippen molar-refractivity contribution in [1.82, 2.24) is 5.32 Å². The second kappa shape index (κ2) is 5.28. The van der Waals surface area contributed by atoms with Gasteiger partial charge in [-0.15, -0.1) is 0 Å². The van der Waals surface area contributed by atoms with Gasteiger partial charge in [0.15, 0.2) is 12.6 Å². The van der Waals surface area contributed by atoms with Crippen LogP contribution in [0.3, 0.4) is 0 Å². The molecule has 2 aliphatic heterocycles. The Kier molecular flexibility index (Phi) is 3.50. The van der Waals surface area contributed by atoms with E-state index in [2.05, 4.69) is 5.32 Å². The summed E-state index contributed by atoms with van der Waals surface area (Å²) in [6.07, 6.45) is -0.644. The largest absolute Gasteiger partial charge is 0.469 e. The van der Waals surface area contributed by atoms with E-state index in [0.29, 0.717) is 13.1 Å². The van der Waals surface area contributed by atoms with Gasteiger partial charge in [-0.25, -0.2) is 0 Å². The van der Waals surface area contributed by atoms with E-state index in [9.17, 15) is 4.79 Å². The summed E-state index contributed by atoms with van der Waals surface area (Å²) in [7, 11) is 1.41. The molecule has 102 valence electrons. The topological polar surface area (TPSA) is 56.8 Å². The zero-order valence-electron chi connectivity index (χ0n) is 10.7. The number of rotatable bonds is 3. The molecule has 1 aromatic carbocycles. The molecule has 2 fully saturated rings. The maximum Gasteiger partial charge on any atom is 0.310 e. The molecule has 2 saturated heterocycles. The Balaban J connectivity index is 1.60. The van der Waals surface area contributed by atoms with Crippen molar-refractivity contribution in [2.45, 2.75) is 12.6 Å². The molecule has 0 amide bonds. The van der Waals surface area contributed by atoms with Crippen LogP contribution in [0.4, 0.5) is 0 Å². The third-order valence-corrected chi connectivity index (χ3v) is 3.70. The van der Waals surface area contributed by atoms with Crippen molar-refractivity contribution in [3.05, 3.63) is 35.9 Å². The van der Waals surface area contributed by atoms with Gasteiger partial charge in [-0.2, -0.15) is 0 Å². The van der Waals surface area contributed by atoms with E-state index in [1.54, 1.807) is 0 Å². The highest BCUT2D eigenvalue weighted by molar-refractivity contribution is 5.73. The maximum atomic E-state index is 11.6. The summed E-state index contributed by atoms with van der Waals surface area (Å²) >= 11 is 0. The van der Waals surface area contributed by atoms with Gasteiger partial charge in [0.05, 0.1) is 13.0 Å². The van der Waals surface area contributed by atoms with Crippen LogP contribution in [0.15, 0.2) is 30.3 Å². The highest BCUT2D eigenvalue weighted by Crippen LogP contribution is 2.38. The summed E-state index contributed by atoms with van der Waals surface area (Å²) < 4.78 is 16.3. The predicted molar refractivity (Wildman–Crippen MR) is 67.0 cm³/mol. The lowest BCUT2D eigenvalue weighted by Crippen LogP contribution is -2.44. The smallest absolute Gasteiger partial charge is 0.310 e. The van der Waals surface area contributed by atoms with Crippen LogP contribution in [-0.2, 0) is 19.0 Å². The Bertz CT molecular complexity index is 444. The summed E-state index contributed by atoms with van der Waals surface area (Å²) in [6, 6.07) is 9.78. The highest BCUT2D eigenvalue weighted by atomic mass is 16.9. The molecule has 2 aliphatic rings. The van der Waals surface area contributed by atoms with Crippen LogP contribution in [0.1, 0.15) is 11.9 Å². The van der Waals surface area contributed by atoms with Gasteiger partial charge >= 0.3 is 5.97 Å². The van der Waals surface area contributed by atoms with Crippen molar-refractivity contribution in [1.29, 1.82) is 0 Å². The average Bonchev–Trinajstić information content (AvgIpc) is 2.86. The van der Waals surface area contributed by atoms with Crippen molar-refractivity contribution in [2.24, 2.45) is 11.8 Å². The molecule has 5 heteroatoms. The molecule has 1 aromatic rings. The number of carbonyl (C=O) groups is 1. The van der Waals surface area contributed by atoms with Gasteiger partial charge in [0, 0.05) is 24.6 Å². The number of benzene rings is 1. The molecule has 0 saturated carbocycles. The highest BCUT2D eigenvalue weighted by Gasteiger charge is 2.46. The van der Waals surface area contributed by atoms with Gasteiger partial charge in [0.1, 0.15) is 0 Å². The lowest BCUT2D eigenvalue weighted by atomic mass is 9.94. The molecule has 1 N–H and O–H groups in total. The molecule has 0 bridgehead atoms. The molecule has 0 aliphatic carbocycles. The maximum absolute atomic E-state index is 11.6. The average molecular weight is 263 g/mol. The monoisotopic (exact) mass is 263 g/mol. The molecule has 2 heterocycles. The van der Waals surface area contributed by atoms with Crippen LogP contribution < -0.4 is 5.32 Å². The Labute approximate surface area is 111 Å². The van der Waals surface area contributed by atoms with Gasteiger partial charge < -0.3 is 19.5 Å². The number of methoxy groups -OCH3 is 1. The van der Waals surface area contributed by atoms with Gasteiger partial charge in [-0.05, 0) is 0 Å². The first-order valence-corrected chi connectivity index (χ1v) is 6.44. The Morgan fingerprint density at radius 1 is 1.26 bits per heavy atom. The number of nitrogens with one attached hydrogen (secondary N) is 1. The first-order valence-electron chi connectivity index (χ1n) is 6.44. The van der Waals surface area contributed by atoms with E-state index < -0.39 is 0 Å². The lowest BCUT2D eigenvalue weighted by Gasteiger charge is -2.40. The molecule has 0 unspecified atom stereocenters. The van der Waals surface area contributed by atoms with Crippen molar-refractivity contribution in [3.63, 3.8) is 0 Å².